The zero-order valence-electron chi connectivity index (χ0n) is 21.7. The monoisotopic (exact) mass is 516 g/mol. The summed E-state index contributed by atoms with van der Waals surface area (Å²) in [6, 6.07) is 18.4. The molecule has 1 fully saturated rings. The van der Waals surface area contributed by atoms with E-state index in [4.69, 9.17) is 26.9 Å². The number of ether oxygens (including phenoxy) is 1. The number of aromatic nitrogens is 2. The molecule has 0 atom stereocenters. The maximum absolute atomic E-state index is 5.86. The minimum absolute atomic E-state index is 0.362. The third kappa shape index (κ3) is 6.68. The van der Waals surface area contributed by atoms with Crippen molar-refractivity contribution in [3.8, 4) is 11.5 Å². The highest BCUT2D eigenvalue weighted by molar-refractivity contribution is 7.80. The number of nitrogens with zero attached hydrogens (tertiary/aromatic N) is 3. The van der Waals surface area contributed by atoms with E-state index in [1.165, 1.54) is 24.1 Å². The SMILES string of the molecule is CN(C)c1nc(NC2CCC(NC(=S)Nc3ccc(Oc4ccccc4)cc3)CC2)nc2c1CCCC2. The molecule has 2 aliphatic carbocycles. The number of nitrogens with one attached hydrogen (secondary N) is 3. The Kier molecular flexibility index (Phi) is 8.04. The first-order valence-corrected chi connectivity index (χ1v) is 13.7. The molecule has 1 saturated carbocycles. The number of anilines is 3. The fourth-order valence-electron chi connectivity index (χ4n) is 5.16. The van der Waals surface area contributed by atoms with Gasteiger partial charge in [0, 0.05) is 37.4 Å². The summed E-state index contributed by atoms with van der Waals surface area (Å²) in [5, 5.41) is 11.1. The van der Waals surface area contributed by atoms with E-state index >= 15 is 0 Å². The van der Waals surface area contributed by atoms with Crippen molar-refractivity contribution < 1.29 is 4.74 Å². The van der Waals surface area contributed by atoms with Crippen molar-refractivity contribution in [3.05, 3.63) is 65.9 Å². The van der Waals surface area contributed by atoms with Crippen LogP contribution in [0.4, 0.5) is 17.5 Å². The van der Waals surface area contributed by atoms with Crippen molar-refractivity contribution in [1.82, 2.24) is 15.3 Å². The Morgan fingerprint density at radius 3 is 2.27 bits per heavy atom. The zero-order valence-corrected chi connectivity index (χ0v) is 22.5. The molecule has 194 valence electrons. The van der Waals surface area contributed by atoms with Crippen LogP contribution in [0.5, 0.6) is 11.5 Å². The standard InChI is InChI=1S/C29H36N6OS/c1-35(2)27-25-10-6-7-11-26(25)33-28(34-27)30-20-12-14-21(15-13-20)31-29(37)32-22-16-18-24(19-17-22)36-23-8-4-3-5-9-23/h3-5,8-9,16-21H,6-7,10-15H2,1-2H3,(H,30,33,34)(H2,31,32,37). The topological polar surface area (TPSA) is 74.3 Å². The first-order chi connectivity index (χ1) is 18.0. The predicted octanol–water partition coefficient (Wildman–Crippen LogP) is 5.92. The summed E-state index contributed by atoms with van der Waals surface area (Å²) in [6.45, 7) is 0. The molecule has 7 nitrogen and oxygen atoms in total. The van der Waals surface area contributed by atoms with Gasteiger partial charge in [-0.25, -0.2) is 4.98 Å². The molecule has 1 aromatic heterocycles. The number of para-hydroxylation sites is 1. The van der Waals surface area contributed by atoms with Crippen LogP contribution >= 0.6 is 12.2 Å². The lowest BCUT2D eigenvalue weighted by atomic mass is 9.91. The van der Waals surface area contributed by atoms with Crippen LogP contribution in [0.25, 0.3) is 0 Å². The first-order valence-electron chi connectivity index (χ1n) is 13.3. The molecule has 37 heavy (non-hydrogen) atoms. The summed E-state index contributed by atoms with van der Waals surface area (Å²) < 4.78 is 5.86. The quantitative estimate of drug-likeness (QED) is 0.334. The van der Waals surface area contributed by atoms with Crippen molar-refractivity contribution in [1.29, 1.82) is 0 Å². The largest absolute Gasteiger partial charge is 0.457 e. The summed E-state index contributed by atoms with van der Waals surface area (Å²) in [4.78, 5) is 11.9. The van der Waals surface area contributed by atoms with Gasteiger partial charge in [-0.15, -0.1) is 0 Å². The van der Waals surface area contributed by atoms with Crippen molar-refractivity contribution in [2.45, 2.75) is 63.5 Å². The summed E-state index contributed by atoms with van der Waals surface area (Å²) in [5.41, 5.74) is 3.49. The number of benzene rings is 2. The van der Waals surface area contributed by atoms with Crippen LogP contribution in [0.2, 0.25) is 0 Å². The molecule has 2 aromatic carbocycles. The van der Waals surface area contributed by atoms with Gasteiger partial charge in [-0.05, 0) is 100.0 Å². The maximum Gasteiger partial charge on any atom is 0.225 e. The lowest BCUT2D eigenvalue weighted by Crippen LogP contribution is -2.42. The fourth-order valence-corrected chi connectivity index (χ4v) is 5.44. The number of hydrogen-bond donors (Lipinski definition) is 3. The average Bonchev–Trinajstić information content (AvgIpc) is 2.91. The van der Waals surface area contributed by atoms with E-state index in [1.807, 2.05) is 54.6 Å². The van der Waals surface area contributed by atoms with Crippen molar-refractivity contribution in [2.75, 3.05) is 29.6 Å². The highest BCUT2D eigenvalue weighted by Gasteiger charge is 2.24. The number of aryl methyl sites for hydroxylation is 1. The second kappa shape index (κ2) is 11.8. The number of thiocarbonyl (C=S) groups is 1. The van der Waals surface area contributed by atoms with Crippen LogP contribution in [0, 0.1) is 0 Å². The Balaban J connectivity index is 1.09. The molecule has 3 aromatic rings. The van der Waals surface area contributed by atoms with Gasteiger partial charge >= 0.3 is 0 Å². The molecule has 2 aliphatic rings. The van der Waals surface area contributed by atoms with Gasteiger partial charge in [0.25, 0.3) is 0 Å². The molecule has 0 spiro atoms. The van der Waals surface area contributed by atoms with E-state index in [2.05, 4.69) is 34.9 Å². The summed E-state index contributed by atoms with van der Waals surface area (Å²) in [6.07, 6.45) is 8.80. The molecule has 0 unspecified atom stereocenters. The molecule has 8 heteroatoms. The Bertz CT molecular complexity index is 1190. The third-order valence-corrected chi connectivity index (χ3v) is 7.29. The zero-order chi connectivity index (χ0) is 25.6. The minimum atomic E-state index is 0.362. The second-order valence-electron chi connectivity index (χ2n) is 10.1. The van der Waals surface area contributed by atoms with E-state index in [1.54, 1.807) is 0 Å². The van der Waals surface area contributed by atoms with Gasteiger partial charge in [0.2, 0.25) is 5.95 Å². The van der Waals surface area contributed by atoms with Crippen LogP contribution in [-0.2, 0) is 12.8 Å². The molecule has 0 radical (unpaired) electrons. The fraction of sp³-hybridized carbons (Fsp3) is 0.414. The van der Waals surface area contributed by atoms with Gasteiger partial charge in [0.1, 0.15) is 17.3 Å². The van der Waals surface area contributed by atoms with Crippen LogP contribution in [0.1, 0.15) is 49.8 Å². The lowest BCUT2D eigenvalue weighted by Gasteiger charge is -2.31. The van der Waals surface area contributed by atoms with Crippen molar-refractivity contribution >= 4 is 34.8 Å². The Hall–Kier alpha value is -3.39. The van der Waals surface area contributed by atoms with Gasteiger partial charge in [0.05, 0.1) is 5.69 Å². The molecule has 5 rings (SSSR count). The molecule has 0 saturated heterocycles. The molecule has 0 amide bonds. The predicted molar refractivity (Wildman–Crippen MR) is 155 cm³/mol. The Morgan fingerprint density at radius 1 is 0.865 bits per heavy atom. The van der Waals surface area contributed by atoms with Crippen LogP contribution in [0.3, 0.4) is 0 Å². The Morgan fingerprint density at radius 2 is 1.54 bits per heavy atom. The number of hydrogen-bond acceptors (Lipinski definition) is 6. The normalized spacial score (nSPS) is 18.9. The van der Waals surface area contributed by atoms with Crippen molar-refractivity contribution in [2.24, 2.45) is 0 Å². The van der Waals surface area contributed by atoms with Gasteiger partial charge in [-0.1, -0.05) is 18.2 Å². The van der Waals surface area contributed by atoms with E-state index in [9.17, 15) is 0 Å². The third-order valence-electron chi connectivity index (χ3n) is 7.07. The summed E-state index contributed by atoms with van der Waals surface area (Å²) in [7, 11) is 4.14. The Labute approximate surface area is 225 Å². The molecule has 1 heterocycles. The molecule has 0 aliphatic heterocycles. The molecular formula is C29H36N6OS. The second-order valence-corrected chi connectivity index (χ2v) is 10.5. The first kappa shape index (κ1) is 25.3. The smallest absolute Gasteiger partial charge is 0.225 e. The summed E-state index contributed by atoms with van der Waals surface area (Å²) in [5.74, 6) is 3.46. The van der Waals surface area contributed by atoms with Gasteiger partial charge in [-0.2, -0.15) is 4.98 Å². The minimum Gasteiger partial charge on any atom is -0.457 e. The van der Waals surface area contributed by atoms with E-state index in [0.29, 0.717) is 17.2 Å². The van der Waals surface area contributed by atoms with Gasteiger partial charge < -0.3 is 25.6 Å². The number of rotatable bonds is 7. The van der Waals surface area contributed by atoms with E-state index < -0.39 is 0 Å². The molecular weight excluding hydrogens is 480 g/mol. The van der Waals surface area contributed by atoms with E-state index in [-0.39, 0.29) is 0 Å². The maximum atomic E-state index is 5.86. The molecule has 3 N–H and O–H groups in total. The van der Waals surface area contributed by atoms with Gasteiger partial charge in [0.15, 0.2) is 5.11 Å². The highest BCUT2D eigenvalue weighted by Crippen LogP contribution is 2.29. The lowest BCUT2D eigenvalue weighted by molar-refractivity contribution is 0.387. The van der Waals surface area contributed by atoms with Crippen molar-refractivity contribution in [3.63, 3.8) is 0 Å². The highest BCUT2D eigenvalue weighted by atomic mass is 32.1. The van der Waals surface area contributed by atoms with Crippen LogP contribution in [-0.4, -0.2) is 41.3 Å². The average molecular weight is 517 g/mol. The van der Waals surface area contributed by atoms with Gasteiger partial charge in [-0.3, -0.25) is 0 Å². The molecule has 0 bridgehead atoms. The van der Waals surface area contributed by atoms with Crippen LogP contribution in [0.15, 0.2) is 54.6 Å². The van der Waals surface area contributed by atoms with Crippen LogP contribution < -0.4 is 25.6 Å². The summed E-state index contributed by atoms with van der Waals surface area (Å²) >= 11 is 5.59. The van der Waals surface area contributed by atoms with E-state index in [0.717, 1.165) is 67.5 Å². The number of fused-ring (bicyclic) bond motifs is 1.